The third kappa shape index (κ3) is 2.25. The zero-order valence-corrected chi connectivity index (χ0v) is 11.2. The molecular weight excluding hydrogens is 260 g/mol. The molecule has 2 aromatic rings. The number of hydrogen-bond acceptors (Lipinski definition) is 4. The van der Waals surface area contributed by atoms with Crippen LogP contribution < -0.4 is 0 Å². The highest BCUT2D eigenvalue weighted by molar-refractivity contribution is 7.54. The molecule has 1 heterocycles. The number of fused-ring (bicyclic) bond motifs is 1. The first-order valence-electron chi connectivity index (χ1n) is 5.03. The van der Waals surface area contributed by atoms with Gasteiger partial charge in [-0.25, -0.2) is 4.98 Å². The van der Waals surface area contributed by atoms with Crippen molar-refractivity contribution in [2.45, 2.75) is 26.2 Å². The second kappa shape index (κ2) is 4.23. The number of benzene rings is 1. The van der Waals surface area contributed by atoms with Gasteiger partial charge in [-0.15, -0.1) is 0 Å². The molecule has 0 fully saturated rings. The van der Waals surface area contributed by atoms with Gasteiger partial charge in [0.25, 0.3) is 0 Å². The van der Waals surface area contributed by atoms with Crippen molar-refractivity contribution in [2.75, 3.05) is 0 Å². The van der Waals surface area contributed by atoms with Crippen molar-refractivity contribution in [3.05, 3.63) is 23.0 Å². The molecule has 0 saturated carbocycles. The molecule has 0 amide bonds. The lowest BCUT2D eigenvalue weighted by Crippen LogP contribution is -2.10. The van der Waals surface area contributed by atoms with Crippen LogP contribution >= 0.6 is 11.6 Å². The summed E-state index contributed by atoms with van der Waals surface area (Å²) in [5, 5.41) is 0.387. The van der Waals surface area contributed by atoms with Crippen LogP contribution in [0, 0.1) is 0 Å². The van der Waals surface area contributed by atoms with Crippen LogP contribution in [0.15, 0.2) is 20.9 Å². The lowest BCUT2D eigenvalue weighted by Gasteiger charge is -2.11. The Kier molecular flexibility index (Phi) is 3.05. The zero-order valence-electron chi connectivity index (χ0n) is 9.65. The number of rotatable bonds is 1. The quantitative estimate of drug-likeness (QED) is 0.792. The van der Waals surface area contributed by atoms with Crippen molar-refractivity contribution in [3.8, 4) is 0 Å². The molecule has 0 aliphatic carbocycles. The molecule has 6 heteroatoms. The molecule has 0 atom stereocenters. The Labute approximate surface area is 107 Å². The van der Waals surface area contributed by atoms with Gasteiger partial charge in [-0.05, 0) is 12.1 Å². The van der Waals surface area contributed by atoms with Gasteiger partial charge in [0.1, 0.15) is 11.2 Å². The highest BCUT2D eigenvalue weighted by atomic mass is 35.5. The summed E-state index contributed by atoms with van der Waals surface area (Å²) in [5.41, 5.74) is 1.28. The largest absolute Gasteiger partial charge is 0.438 e. The van der Waals surface area contributed by atoms with E-state index < -0.39 is 0 Å². The van der Waals surface area contributed by atoms with Crippen LogP contribution in [0.4, 0.5) is 5.69 Å². The van der Waals surface area contributed by atoms with E-state index in [1.54, 1.807) is 12.1 Å². The van der Waals surface area contributed by atoms with E-state index in [1.807, 2.05) is 20.8 Å². The highest BCUT2D eigenvalue weighted by Crippen LogP contribution is 2.36. The van der Waals surface area contributed by atoms with Crippen molar-refractivity contribution in [1.82, 2.24) is 4.98 Å². The van der Waals surface area contributed by atoms with E-state index >= 15 is 0 Å². The Balaban J connectivity index is 2.77. The van der Waals surface area contributed by atoms with Gasteiger partial charge < -0.3 is 4.42 Å². The molecule has 0 saturated heterocycles. The Morgan fingerprint density at radius 1 is 1.41 bits per heavy atom. The lowest BCUT2D eigenvalue weighted by molar-refractivity contribution is 0.411. The zero-order chi connectivity index (χ0) is 12.6. The van der Waals surface area contributed by atoms with Crippen molar-refractivity contribution >= 4 is 39.9 Å². The molecule has 1 aromatic heterocycles. The van der Waals surface area contributed by atoms with Crippen LogP contribution in [0.25, 0.3) is 11.1 Å². The van der Waals surface area contributed by atoms with Crippen molar-refractivity contribution < 1.29 is 8.63 Å². The van der Waals surface area contributed by atoms with Gasteiger partial charge in [0.05, 0.1) is 5.02 Å². The third-order valence-corrected chi connectivity index (χ3v) is 2.81. The summed E-state index contributed by atoms with van der Waals surface area (Å²) >= 11 is 6.08. The molecular formula is C11H11ClN2O2S. The maximum atomic E-state index is 10.5. The first-order valence-corrected chi connectivity index (χ1v) is 6.10. The first kappa shape index (κ1) is 12.3. The average Bonchev–Trinajstić information content (AvgIpc) is 2.66. The smallest absolute Gasteiger partial charge is 0.205 e. The van der Waals surface area contributed by atoms with Gasteiger partial charge in [-0.2, -0.15) is 8.57 Å². The predicted molar refractivity (Wildman–Crippen MR) is 67.9 cm³/mol. The molecule has 0 aliphatic rings. The van der Waals surface area contributed by atoms with Gasteiger partial charge in [0.2, 0.25) is 17.4 Å². The fourth-order valence-corrected chi connectivity index (χ4v) is 1.89. The Morgan fingerprint density at radius 2 is 2.12 bits per heavy atom. The fourth-order valence-electron chi connectivity index (χ4n) is 1.40. The number of nitrogens with zero attached hydrogens (tertiary/aromatic N) is 2. The summed E-state index contributed by atoms with van der Waals surface area (Å²) in [6, 6.07) is 3.42. The minimum atomic E-state index is -0.201. The topological polar surface area (TPSA) is 55.5 Å². The molecule has 0 N–H and O–H groups in total. The van der Waals surface area contributed by atoms with Crippen LogP contribution in [-0.4, -0.2) is 9.19 Å². The SMILES string of the molecule is CC(C)(C)c1nc2ccc(Cl)c(N=S=O)c2o1. The Hall–Kier alpha value is -1.20. The normalized spacial score (nSPS) is 11.8. The van der Waals surface area contributed by atoms with E-state index in [0.717, 1.165) is 0 Å². The summed E-state index contributed by atoms with van der Waals surface area (Å²) in [7, 11) is 0. The van der Waals surface area contributed by atoms with Gasteiger partial charge in [0, 0.05) is 5.41 Å². The summed E-state index contributed by atoms with van der Waals surface area (Å²) in [5.74, 6) is 0.599. The van der Waals surface area contributed by atoms with E-state index in [9.17, 15) is 4.21 Å². The van der Waals surface area contributed by atoms with Crippen molar-refractivity contribution in [2.24, 2.45) is 4.36 Å². The second-order valence-electron chi connectivity index (χ2n) is 4.68. The van der Waals surface area contributed by atoms with Gasteiger partial charge in [-0.3, -0.25) is 0 Å². The number of aromatic nitrogens is 1. The van der Waals surface area contributed by atoms with Gasteiger partial charge in [0.15, 0.2) is 5.58 Å². The van der Waals surface area contributed by atoms with Gasteiger partial charge >= 0.3 is 0 Å². The van der Waals surface area contributed by atoms with E-state index in [2.05, 4.69) is 9.35 Å². The monoisotopic (exact) mass is 270 g/mol. The van der Waals surface area contributed by atoms with Gasteiger partial charge in [-0.1, -0.05) is 32.4 Å². The van der Waals surface area contributed by atoms with Crippen LogP contribution in [0.1, 0.15) is 26.7 Å². The average molecular weight is 271 g/mol. The Morgan fingerprint density at radius 3 is 2.71 bits per heavy atom. The second-order valence-corrected chi connectivity index (χ2v) is 5.42. The highest BCUT2D eigenvalue weighted by Gasteiger charge is 2.22. The maximum absolute atomic E-state index is 10.5. The summed E-state index contributed by atoms with van der Waals surface area (Å²) in [6.07, 6.45) is 0. The van der Waals surface area contributed by atoms with E-state index in [4.69, 9.17) is 16.0 Å². The van der Waals surface area contributed by atoms with E-state index in [-0.39, 0.29) is 16.9 Å². The predicted octanol–water partition coefficient (Wildman–Crippen LogP) is 3.81. The van der Waals surface area contributed by atoms with E-state index in [0.29, 0.717) is 27.7 Å². The fraction of sp³-hybridized carbons (Fsp3) is 0.364. The van der Waals surface area contributed by atoms with Crippen LogP contribution in [0.3, 0.4) is 0 Å². The van der Waals surface area contributed by atoms with Crippen LogP contribution in [0.2, 0.25) is 5.02 Å². The molecule has 1 aromatic carbocycles. The minimum Gasteiger partial charge on any atom is -0.438 e. The van der Waals surface area contributed by atoms with Crippen LogP contribution in [-0.2, 0) is 16.9 Å². The molecule has 17 heavy (non-hydrogen) atoms. The van der Waals surface area contributed by atoms with Crippen molar-refractivity contribution in [3.63, 3.8) is 0 Å². The molecule has 4 nitrogen and oxygen atoms in total. The molecule has 0 radical (unpaired) electrons. The summed E-state index contributed by atoms with van der Waals surface area (Å²) in [4.78, 5) is 4.37. The molecule has 0 spiro atoms. The lowest BCUT2D eigenvalue weighted by atomic mass is 9.97. The molecule has 90 valence electrons. The first-order chi connectivity index (χ1) is 7.93. The molecule has 0 bridgehead atoms. The third-order valence-electron chi connectivity index (χ3n) is 2.25. The Bertz CT molecular complexity index is 624. The molecule has 0 aliphatic heterocycles. The molecule has 2 rings (SSSR count). The van der Waals surface area contributed by atoms with Crippen molar-refractivity contribution in [1.29, 1.82) is 0 Å². The van der Waals surface area contributed by atoms with E-state index in [1.165, 1.54) is 0 Å². The summed E-state index contributed by atoms with van der Waals surface area (Å²) in [6.45, 7) is 6.00. The number of halogens is 1. The number of oxazole rings is 1. The standard InChI is InChI=1S/C11H11ClN2O2S/c1-11(2,3)10-13-7-5-4-6(12)8(14-17-15)9(7)16-10/h4-5H,1-3H3. The molecule has 0 unspecified atom stereocenters. The summed E-state index contributed by atoms with van der Waals surface area (Å²) < 4.78 is 19.9. The number of hydrogen-bond donors (Lipinski definition) is 0. The van der Waals surface area contributed by atoms with Crippen LogP contribution in [0.5, 0.6) is 0 Å². The minimum absolute atomic E-state index is 0.103. The maximum Gasteiger partial charge on any atom is 0.205 e.